The Balaban J connectivity index is 2.10. The van der Waals surface area contributed by atoms with Crippen LogP contribution in [0.5, 0.6) is 0 Å². The summed E-state index contributed by atoms with van der Waals surface area (Å²) in [5.41, 5.74) is 2.71. The lowest BCUT2D eigenvalue weighted by Crippen LogP contribution is -2.42. The smallest absolute Gasteiger partial charge is 0.0748 e. The molecule has 0 bridgehead atoms. The van der Waals surface area contributed by atoms with Crippen molar-refractivity contribution in [3.05, 3.63) is 28.2 Å². The van der Waals surface area contributed by atoms with Gasteiger partial charge >= 0.3 is 0 Å². The highest BCUT2D eigenvalue weighted by Crippen LogP contribution is 2.27. The first-order chi connectivity index (χ1) is 10.1. The largest absolute Gasteiger partial charge is 0.375 e. The summed E-state index contributed by atoms with van der Waals surface area (Å²) in [4.78, 5) is 2.47. The van der Waals surface area contributed by atoms with Crippen molar-refractivity contribution in [1.29, 1.82) is 0 Å². The van der Waals surface area contributed by atoms with Gasteiger partial charge < -0.3 is 15.0 Å². The molecule has 3 nitrogen and oxygen atoms in total. The summed E-state index contributed by atoms with van der Waals surface area (Å²) < 4.78 is 6.94. The van der Waals surface area contributed by atoms with Gasteiger partial charge in [-0.25, -0.2) is 0 Å². The Morgan fingerprint density at radius 3 is 2.95 bits per heavy atom. The molecule has 1 N–H and O–H groups in total. The number of hydrogen-bond donors (Lipinski definition) is 1. The van der Waals surface area contributed by atoms with E-state index in [4.69, 9.17) is 4.74 Å². The van der Waals surface area contributed by atoms with Crippen molar-refractivity contribution in [2.24, 2.45) is 5.92 Å². The van der Waals surface area contributed by atoms with Gasteiger partial charge in [0.2, 0.25) is 0 Å². The van der Waals surface area contributed by atoms with Crippen LogP contribution in [-0.2, 0) is 11.3 Å². The molecule has 0 spiro atoms. The zero-order valence-electron chi connectivity index (χ0n) is 13.4. The van der Waals surface area contributed by atoms with E-state index in [0.29, 0.717) is 12.0 Å². The van der Waals surface area contributed by atoms with Crippen LogP contribution in [0.4, 0.5) is 5.69 Å². The van der Waals surface area contributed by atoms with E-state index in [-0.39, 0.29) is 0 Å². The Morgan fingerprint density at radius 1 is 1.43 bits per heavy atom. The molecule has 4 heteroatoms. The van der Waals surface area contributed by atoms with Gasteiger partial charge in [-0.05, 0) is 36.6 Å². The van der Waals surface area contributed by atoms with Gasteiger partial charge in [-0.3, -0.25) is 0 Å². The number of nitrogens with zero attached hydrogens (tertiary/aromatic N) is 1. The fourth-order valence-corrected chi connectivity index (χ4v) is 3.01. The zero-order valence-corrected chi connectivity index (χ0v) is 14.9. The van der Waals surface area contributed by atoms with Gasteiger partial charge in [0.25, 0.3) is 0 Å². The first-order valence-corrected chi connectivity index (χ1v) is 8.75. The predicted octanol–water partition coefficient (Wildman–Crippen LogP) is 3.81. The third kappa shape index (κ3) is 4.97. The molecule has 118 valence electrons. The van der Waals surface area contributed by atoms with Crippen LogP contribution in [-0.4, -0.2) is 32.3 Å². The van der Waals surface area contributed by atoms with Crippen LogP contribution in [0.15, 0.2) is 22.7 Å². The maximum atomic E-state index is 5.79. The summed E-state index contributed by atoms with van der Waals surface area (Å²) >= 11 is 3.61. The number of morpholine rings is 1. The third-order valence-electron chi connectivity index (χ3n) is 3.85. The molecule has 1 atom stereocenters. The number of nitrogens with one attached hydrogen (secondary N) is 1. The fourth-order valence-electron chi connectivity index (χ4n) is 2.66. The summed E-state index contributed by atoms with van der Waals surface area (Å²) in [5, 5.41) is 3.55. The molecule has 0 saturated carbocycles. The Bertz CT molecular complexity index is 450. The first kappa shape index (κ1) is 16.8. The number of ether oxygens (including phenoxy) is 1. The third-order valence-corrected chi connectivity index (χ3v) is 4.34. The van der Waals surface area contributed by atoms with E-state index in [0.717, 1.165) is 43.7 Å². The molecular weight excluding hydrogens is 328 g/mol. The van der Waals surface area contributed by atoms with E-state index in [1.54, 1.807) is 0 Å². The fraction of sp³-hybridized carbons (Fsp3) is 0.647. The van der Waals surface area contributed by atoms with Gasteiger partial charge in [-0.1, -0.05) is 42.8 Å². The summed E-state index contributed by atoms with van der Waals surface area (Å²) in [6.07, 6.45) is 1.43. The van der Waals surface area contributed by atoms with E-state index < -0.39 is 0 Å². The van der Waals surface area contributed by atoms with Crippen LogP contribution < -0.4 is 10.2 Å². The summed E-state index contributed by atoms with van der Waals surface area (Å²) in [5.74, 6) is 0.678. The molecule has 1 heterocycles. The topological polar surface area (TPSA) is 24.5 Å². The number of anilines is 1. The minimum absolute atomic E-state index is 0.356. The van der Waals surface area contributed by atoms with Crippen LogP contribution in [0.25, 0.3) is 0 Å². The maximum Gasteiger partial charge on any atom is 0.0748 e. The summed E-state index contributed by atoms with van der Waals surface area (Å²) in [6.45, 7) is 11.4. The van der Waals surface area contributed by atoms with Gasteiger partial charge in [-0.2, -0.15) is 0 Å². The van der Waals surface area contributed by atoms with Gasteiger partial charge in [0.15, 0.2) is 0 Å². The van der Waals surface area contributed by atoms with E-state index >= 15 is 0 Å². The normalized spacial score (nSPS) is 19.3. The molecule has 0 aliphatic carbocycles. The van der Waals surface area contributed by atoms with Gasteiger partial charge in [0.1, 0.15) is 0 Å². The SMILES string of the molecule is CCC1CN(c2cc(Br)ccc2CNCC(C)C)CCO1. The lowest BCUT2D eigenvalue weighted by molar-refractivity contribution is 0.0384. The molecule has 1 aliphatic heterocycles. The van der Waals surface area contributed by atoms with Crippen LogP contribution in [0.3, 0.4) is 0 Å². The van der Waals surface area contributed by atoms with E-state index in [2.05, 4.69) is 65.1 Å². The highest BCUT2D eigenvalue weighted by molar-refractivity contribution is 9.10. The predicted molar refractivity (Wildman–Crippen MR) is 92.9 cm³/mol. The lowest BCUT2D eigenvalue weighted by atomic mass is 10.1. The molecule has 1 aromatic carbocycles. The van der Waals surface area contributed by atoms with Crippen LogP contribution >= 0.6 is 15.9 Å². The molecule has 0 aromatic heterocycles. The molecule has 1 saturated heterocycles. The van der Waals surface area contributed by atoms with Crippen molar-refractivity contribution in [1.82, 2.24) is 5.32 Å². The monoisotopic (exact) mass is 354 g/mol. The van der Waals surface area contributed by atoms with Crippen molar-refractivity contribution in [3.8, 4) is 0 Å². The standard InChI is InChI=1S/C17H27BrN2O/c1-4-16-12-20(7-8-21-16)17-9-15(18)6-5-14(17)11-19-10-13(2)3/h5-6,9,13,16,19H,4,7-8,10-12H2,1-3H3. The van der Waals surface area contributed by atoms with Crippen molar-refractivity contribution < 1.29 is 4.74 Å². The minimum Gasteiger partial charge on any atom is -0.375 e. The highest BCUT2D eigenvalue weighted by atomic mass is 79.9. The molecule has 21 heavy (non-hydrogen) atoms. The molecule has 1 aliphatic rings. The van der Waals surface area contributed by atoms with Crippen LogP contribution in [0.1, 0.15) is 32.8 Å². The Labute approximate surface area is 137 Å². The van der Waals surface area contributed by atoms with E-state index in [9.17, 15) is 0 Å². The minimum atomic E-state index is 0.356. The Hall–Kier alpha value is -0.580. The summed E-state index contributed by atoms with van der Waals surface area (Å²) in [7, 11) is 0. The first-order valence-electron chi connectivity index (χ1n) is 7.95. The second-order valence-electron chi connectivity index (χ2n) is 6.14. The van der Waals surface area contributed by atoms with Gasteiger partial charge in [0, 0.05) is 29.8 Å². The molecule has 1 aromatic rings. The van der Waals surface area contributed by atoms with Crippen molar-refractivity contribution >= 4 is 21.6 Å². The Morgan fingerprint density at radius 2 is 2.24 bits per heavy atom. The molecule has 2 rings (SSSR count). The van der Waals surface area contributed by atoms with Gasteiger partial charge in [-0.15, -0.1) is 0 Å². The molecule has 1 unspecified atom stereocenters. The zero-order chi connectivity index (χ0) is 15.2. The van der Waals surface area contributed by atoms with E-state index in [1.165, 1.54) is 11.3 Å². The van der Waals surface area contributed by atoms with E-state index in [1.807, 2.05) is 0 Å². The number of benzene rings is 1. The van der Waals surface area contributed by atoms with Crippen LogP contribution in [0, 0.1) is 5.92 Å². The maximum absolute atomic E-state index is 5.79. The average Bonchev–Trinajstić information content (AvgIpc) is 2.48. The lowest BCUT2D eigenvalue weighted by Gasteiger charge is -2.35. The Kier molecular flexibility index (Phi) is 6.52. The van der Waals surface area contributed by atoms with Gasteiger partial charge in [0.05, 0.1) is 12.7 Å². The molecule has 1 fully saturated rings. The van der Waals surface area contributed by atoms with Crippen molar-refractivity contribution in [3.63, 3.8) is 0 Å². The second-order valence-corrected chi connectivity index (χ2v) is 7.06. The molecule has 0 radical (unpaired) electrons. The molecular formula is C17H27BrN2O. The number of halogens is 1. The average molecular weight is 355 g/mol. The number of hydrogen-bond acceptors (Lipinski definition) is 3. The summed E-state index contributed by atoms with van der Waals surface area (Å²) in [6, 6.07) is 6.60. The van der Waals surface area contributed by atoms with Crippen LogP contribution in [0.2, 0.25) is 0 Å². The number of rotatable bonds is 6. The molecule has 0 amide bonds. The van der Waals surface area contributed by atoms with Crippen molar-refractivity contribution in [2.45, 2.75) is 39.8 Å². The second kappa shape index (κ2) is 8.16. The highest BCUT2D eigenvalue weighted by Gasteiger charge is 2.21. The van der Waals surface area contributed by atoms with Crippen molar-refractivity contribution in [2.75, 3.05) is 31.1 Å². The quantitative estimate of drug-likeness (QED) is 0.840.